The van der Waals surface area contributed by atoms with Crippen molar-refractivity contribution in [2.75, 3.05) is 0 Å². The number of fused-ring (bicyclic) bond motifs is 5. The van der Waals surface area contributed by atoms with Gasteiger partial charge in [-0.25, -0.2) is 0 Å². The summed E-state index contributed by atoms with van der Waals surface area (Å²) in [7, 11) is 0. The van der Waals surface area contributed by atoms with Gasteiger partial charge in [-0.15, -0.1) is 12.6 Å². The maximum Gasteiger partial charge on any atom is 0.0547 e. The van der Waals surface area contributed by atoms with Gasteiger partial charge in [-0.3, -0.25) is 0 Å². The molecule has 1 aromatic heterocycles. The van der Waals surface area contributed by atoms with E-state index in [1.165, 1.54) is 32.6 Å². The molecule has 0 saturated carbocycles. The van der Waals surface area contributed by atoms with Crippen molar-refractivity contribution in [2.45, 2.75) is 4.90 Å². The van der Waals surface area contributed by atoms with E-state index in [9.17, 15) is 0 Å². The summed E-state index contributed by atoms with van der Waals surface area (Å²) in [6.45, 7) is 0. The largest absolute Gasteiger partial charge is 0.309 e. The zero-order valence-electron chi connectivity index (χ0n) is 13.0. The minimum atomic E-state index is 0.977. The Balaban J connectivity index is 2.02. The van der Waals surface area contributed by atoms with E-state index in [0.29, 0.717) is 0 Å². The molecule has 2 heteroatoms. The average molecular weight is 325 g/mol. The topological polar surface area (TPSA) is 4.93 Å². The van der Waals surface area contributed by atoms with Crippen LogP contribution in [0.2, 0.25) is 0 Å². The Kier molecular flexibility index (Phi) is 2.94. The molecule has 0 aliphatic carbocycles. The van der Waals surface area contributed by atoms with Crippen LogP contribution in [0.1, 0.15) is 0 Å². The van der Waals surface area contributed by atoms with Crippen molar-refractivity contribution in [1.29, 1.82) is 0 Å². The van der Waals surface area contributed by atoms with Crippen LogP contribution in [-0.2, 0) is 0 Å². The van der Waals surface area contributed by atoms with Crippen molar-refractivity contribution < 1.29 is 0 Å². The van der Waals surface area contributed by atoms with Gasteiger partial charge in [-0.2, -0.15) is 0 Å². The number of thiol groups is 1. The van der Waals surface area contributed by atoms with Crippen molar-refractivity contribution >= 4 is 45.2 Å². The molecule has 114 valence electrons. The van der Waals surface area contributed by atoms with Crippen LogP contribution in [0.5, 0.6) is 0 Å². The summed E-state index contributed by atoms with van der Waals surface area (Å²) in [5, 5.41) is 5.19. The molecule has 0 saturated heterocycles. The van der Waals surface area contributed by atoms with Crippen molar-refractivity contribution in [1.82, 2.24) is 4.57 Å². The molecule has 4 aromatic carbocycles. The van der Waals surface area contributed by atoms with Gasteiger partial charge >= 0.3 is 0 Å². The summed E-state index contributed by atoms with van der Waals surface area (Å²) in [6.07, 6.45) is 0. The molecule has 0 amide bonds. The second-order valence-electron chi connectivity index (χ2n) is 6.05. The summed E-state index contributed by atoms with van der Waals surface area (Å²) in [5.41, 5.74) is 3.63. The first-order valence-corrected chi connectivity index (χ1v) is 8.48. The van der Waals surface area contributed by atoms with Crippen LogP contribution in [0.4, 0.5) is 0 Å². The molecular weight excluding hydrogens is 310 g/mol. The molecule has 0 fully saturated rings. The first kappa shape index (κ1) is 13.7. The highest BCUT2D eigenvalue weighted by Gasteiger charge is 2.13. The van der Waals surface area contributed by atoms with E-state index in [1.807, 2.05) is 12.1 Å². The molecule has 5 rings (SSSR count). The smallest absolute Gasteiger partial charge is 0.0547 e. The number of para-hydroxylation sites is 1. The number of nitrogens with zero attached hydrogens (tertiary/aromatic N) is 1. The zero-order chi connectivity index (χ0) is 16.1. The maximum absolute atomic E-state index is 4.42. The van der Waals surface area contributed by atoms with Crippen LogP contribution in [0.15, 0.2) is 89.8 Å². The van der Waals surface area contributed by atoms with Crippen LogP contribution in [-0.4, -0.2) is 4.57 Å². The van der Waals surface area contributed by atoms with Gasteiger partial charge in [0.2, 0.25) is 0 Å². The van der Waals surface area contributed by atoms with E-state index < -0.39 is 0 Å². The van der Waals surface area contributed by atoms with Gasteiger partial charge in [-0.05, 0) is 47.2 Å². The molecule has 0 radical (unpaired) electrons. The molecule has 0 aliphatic rings. The lowest BCUT2D eigenvalue weighted by Crippen LogP contribution is -1.93. The fourth-order valence-electron chi connectivity index (χ4n) is 3.62. The van der Waals surface area contributed by atoms with E-state index in [1.54, 1.807) is 0 Å². The maximum atomic E-state index is 4.42. The van der Waals surface area contributed by atoms with E-state index in [2.05, 4.69) is 90.0 Å². The van der Waals surface area contributed by atoms with Gasteiger partial charge in [0.25, 0.3) is 0 Å². The second-order valence-corrected chi connectivity index (χ2v) is 6.57. The van der Waals surface area contributed by atoms with Gasteiger partial charge in [-0.1, -0.05) is 48.5 Å². The summed E-state index contributed by atoms with van der Waals surface area (Å²) >= 11 is 4.42. The summed E-state index contributed by atoms with van der Waals surface area (Å²) < 4.78 is 2.34. The van der Waals surface area contributed by atoms with Crippen molar-refractivity contribution in [2.24, 2.45) is 0 Å². The third-order valence-corrected chi connectivity index (χ3v) is 4.97. The predicted octanol–water partition coefficient (Wildman–Crippen LogP) is 6.23. The quantitative estimate of drug-likeness (QED) is 0.349. The standard InChI is InChI=1S/C22H15NS/c24-17-12-10-16(11-13-17)23-20-8-4-3-7-19(20)22-18-6-2-1-5-15(18)9-14-21(22)23/h1-14,24H. The Morgan fingerprint density at radius 1 is 0.583 bits per heavy atom. The Labute approximate surface area is 145 Å². The van der Waals surface area contributed by atoms with Crippen molar-refractivity contribution in [3.05, 3.63) is 84.9 Å². The van der Waals surface area contributed by atoms with Gasteiger partial charge in [0.15, 0.2) is 0 Å². The Morgan fingerprint density at radius 3 is 2.12 bits per heavy atom. The van der Waals surface area contributed by atoms with E-state index >= 15 is 0 Å². The number of hydrogen-bond donors (Lipinski definition) is 1. The van der Waals surface area contributed by atoms with Crippen molar-refractivity contribution in [3.63, 3.8) is 0 Å². The molecule has 0 atom stereocenters. The SMILES string of the molecule is Sc1ccc(-n2c3ccccc3c3c4ccccc4ccc32)cc1. The lowest BCUT2D eigenvalue weighted by Gasteiger charge is -2.08. The molecule has 0 spiro atoms. The van der Waals surface area contributed by atoms with E-state index in [0.717, 1.165) is 10.6 Å². The van der Waals surface area contributed by atoms with Crippen LogP contribution in [0, 0.1) is 0 Å². The molecule has 5 aromatic rings. The van der Waals surface area contributed by atoms with Crippen molar-refractivity contribution in [3.8, 4) is 5.69 Å². The third-order valence-electron chi connectivity index (χ3n) is 4.67. The lowest BCUT2D eigenvalue weighted by molar-refractivity contribution is 1.17. The fourth-order valence-corrected chi connectivity index (χ4v) is 3.77. The van der Waals surface area contributed by atoms with Crippen LogP contribution < -0.4 is 0 Å². The summed E-state index contributed by atoms with van der Waals surface area (Å²) in [6, 6.07) is 30.0. The zero-order valence-corrected chi connectivity index (χ0v) is 13.9. The summed E-state index contributed by atoms with van der Waals surface area (Å²) in [4.78, 5) is 0.977. The number of benzene rings is 4. The third kappa shape index (κ3) is 1.90. The molecule has 24 heavy (non-hydrogen) atoms. The van der Waals surface area contributed by atoms with Gasteiger partial charge < -0.3 is 4.57 Å². The molecule has 1 heterocycles. The highest BCUT2D eigenvalue weighted by atomic mass is 32.1. The molecule has 0 N–H and O–H groups in total. The Bertz CT molecular complexity index is 1200. The lowest BCUT2D eigenvalue weighted by atomic mass is 10.0. The van der Waals surface area contributed by atoms with E-state index in [4.69, 9.17) is 0 Å². The fraction of sp³-hybridized carbons (Fsp3) is 0. The number of aromatic nitrogens is 1. The minimum absolute atomic E-state index is 0.977. The number of rotatable bonds is 1. The van der Waals surface area contributed by atoms with Gasteiger partial charge in [0.1, 0.15) is 0 Å². The van der Waals surface area contributed by atoms with Crippen LogP contribution in [0.25, 0.3) is 38.3 Å². The van der Waals surface area contributed by atoms with Gasteiger partial charge in [0.05, 0.1) is 11.0 Å². The molecule has 0 aliphatic heterocycles. The first-order valence-electron chi connectivity index (χ1n) is 8.03. The average Bonchev–Trinajstić information content (AvgIpc) is 2.97. The second kappa shape index (κ2) is 5.15. The van der Waals surface area contributed by atoms with Gasteiger partial charge in [0, 0.05) is 21.4 Å². The van der Waals surface area contributed by atoms with Crippen LogP contribution in [0.3, 0.4) is 0 Å². The first-order chi connectivity index (χ1) is 11.8. The molecule has 1 nitrogen and oxygen atoms in total. The van der Waals surface area contributed by atoms with Crippen LogP contribution >= 0.6 is 12.6 Å². The monoisotopic (exact) mass is 325 g/mol. The molecule has 0 unspecified atom stereocenters. The normalized spacial score (nSPS) is 11.5. The molecule has 0 bridgehead atoms. The Morgan fingerprint density at radius 2 is 1.29 bits per heavy atom. The highest BCUT2D eigenvalue weighted by Crippen LogP contribution is 2.36. The summed E-state index contributed by atoms with van der Waals surface area (Å²) in [5.74, 6) is 0. The predicted molar refractivity (Wildman–Crippen MR) is 106 cm³/mol. The molecular formula is C22H15NS. The minimum Gasteiger partial charge on any atom is -0.309 e. The van der Waals surface area contributed by atoms with E-state index in [-0.39, 0.29) is 0 Å². The number of hydrogen-bond acceptors (Lipinski definition) is 1. The highest BCUT2D eigenvalue weighted by molar-refractivity contribution is 7.80. The Hall–Kier alpha value is -2.71.